The zero-order valence-electron chi connectivity index (χ0n) is 9.94. The Morgan fingerprint density at radius 1 is 1.05 bits per heavy atom. The van der Waals surface area contributed by atoms with Crippen LogP contribution in [0.25, 0.3) is 0 Å². The molecule has 2 nitrogen and oxygen atoms in total. The zero-order chi connectivity index (χ0) is 13.7. The highest BCUT2D eigenvalue weighted by Gasteiger charge is 2.00. The standard InChI is InChI=1S/C15H11BrClNO/c16-12-3-1-11(2-4-12)15(19)9-10-18-14-7-5-13(17)6-8-14/h1-10,18H/b10-9-. The molecule has 0 radical (unpaired) electrons. The molecule has 19 heavy (non-hydrogen) atoms. The van der Waals surface area contributed by atoms with E-state index in [9.17, 15) is 4.79 Å². The minimum absolute atomic E-state index is 0.0473. The van der Waals surface area contributed by atoms with Crippen molar-refractivity contribution < 1.29 is 4.79 Å². The molecule has 2 rings (SSSR count). The van der Waals surface area contributed by atoms with Gasteiger partial charge in [0, 0.05) is 33.0 Å². The Bertz CT molecular complexity index is 591. The van der Waals surface area contributed by atoms with Gasteiger partial charge in [0.2, 0.25) is 0 Å². The van der Waals surface area contributed by atoms with E-state index in [0.29, 0.717) is 10.6 Å². The molecule has 0 aliphatic heterocycles. The molecule has 2 aromatic carbocycles. The van der Waals surface area contributed by atoms with Gasteiger partial charge in [0.1, 0.15) is 0 Å². The average molecular weight is 337 g/mol. The maximum atomic E-state index is 11.8. The molecule has 0 atom stereocenters. The molecule has 4 heteroatoms. The van der Waals surface area contributed by atoms with Crippen LogP contribution >= 0.6 is 27.5 Å². The van der Waals surface area contributed by atoms with Crippen molar-refractivity contribution in [3.05, 3.63) is 75.9 Å². The Hall–Kier alpha value is -1.58. The summed E-state index contributed by atoms with van der Waals surface area (Å²) >= 11 is 9.12. The Morgan fingerprint density at radius 3 is 2.32 bits per heavy atom. The van der Waals surface area contributed by atoms with Gasteiger partial charge in [-0.15, -0.1) is 0 Å². The van der Waals surface area contributed by atoms with Crippen molar-refractivity contribution in [2.75, 3.05) is 5.32 Å². The monoisotopic (exact) mass is 335 g/mol. The number of benzene rings is 2. The van der Waals surface area contributed by atoms with Crippen molar-refractivity contribution >= 4 is 39.0 Å². The minimum atomic E-state index is -0.0473. The summed E-state index contributed by atoms with van der Waals surface area (Å²) in [5.74, 6) is -0.0473. The first kappa shape index (κ1) is 13.8. The highest BCUT2D eigenvalue weighted by atomic mass is 79.9. The number of nitrogens with one attached hydrogen (secondary N) is 1. The molecule has 0 heterocycles. The van der Waals surface area contributed by atoms with Gasteiger partial charge in [-0.05, 0) is 48.5 Å². The number of hydrogen-bond acceptors (Lipinski definition) is 2. The van der Waals surface area contributed by atoms with Crippen molar-refractivity contribution in [2.24, 2.45) is 0 Å². The van der Waals surface area contributed by atoms with E-state index in [1.165, 1.54) is 6.08 Å². The fourth-order valence-electron chi connectivity index (χ4n) is 1.47. The third-order valence-corrected chi connectivity index (χ3v) is 3.24. The first-order valence-corrected chi connectivity index (χ1v) is 6.81. The van der Waals surface area contributed by atoms with Crippen LogP contribution in [0, 0.1) is 0 Å². The van der Waals surface area contributed by atoms with E-state index in [2.05, 4.69) is 21.2 Å². The van der Waals surface area contributed by atoms with Gasteiger partial charge >= 0.3 is 0 Å². The molecule has 1 N–H and O–H groups in total. The molecule has 0 amide bonds. The van der Waals surface area contributed by atoms with Crippen LogP contribution in [-0.4, -0.2) is 5.78 Å². The van der Waals surface area contributed by atoms with E-state index in [4.69, 9.17) is 11.6 Å². The SMILES string of the molecule is O=C(/C=C\Nc1ccc(Cl)cc1)c1ccc(Br)cc1. The van der Waals surface area contributed by atoms with Crippen molar-refractivity contribution in [3.8, 4) is 0 Å². The molecule has 0 fully saturated rings. The Labute approximate surface area is 125 Å². The lowest BCUT2D eigenvalue weighted by Crippen LogP contribution is -1.95. The topological polar surface area (TPSA) is 29.1 Å². The van der Waals surface area contributed by atoms with Gasteiger partial charge in [0.05, 0.1) is 0 Å². The number of rotatable bonds is 4. The molecule has 0 aliphatic rings. The predicted molar refractivity (Wildman–Crippen MR) is 82.7 cm³/mol. The van der Waals surface area contributed by atoms with E-state index in [-0.39, 0.29) is 5.78 Å². The van der Waals surface area contributed by atoms with E-state index in [1.807, 2.05) is 24.3 Å². The lowest BCUT2D eigenvalue weighted by Gasteiger charge is -2.00. The molecule has 0 saturated carbocycles. The summed E-state index contributed by atoms with van der Waals surface area (Å²) < 4.78 is 0.951. The summed E-state index contributed by atoms with van der Waals surface area (Å²) in [4.78, 5) is 11.8. The van der Waals surface area contributed by atoms with E-state index in [1.54, 1.807) is 30.5 Å². The molecular weight excluding hydrogens is 326 g/mol. The highest BCUT2D eigenvalue weighted by molar-refractivity contribution is 9.10. The highest BCUT2D eigenvalue weighted by Crippen LogP contribution is 2.14. The minimum Gasteiger partial charge on any atom is -0.362 e. The number of anilines is 1. The average Bonchev–Trinajstić information content (AvgIpc) is 2.41. The molecule has 0 unspecified atom stereocenters. The molecule has 0 aromatic heterocycles. The third-order valence-electron chi connectivity index (χ3n) is 2.46. The van der Waals surface area contributed by atoms with Crippen LogP contribution in [-0.2, 0) is 0 Å². The van der Waals surface area contributed by atoms with Gasteiger partial charge in [0.15, 0.2) is 5.78 Å². The second kappa shape index (κ2) is 6.55. The van der Waals surface area contributed by atoms with Crippen LogP contribution in [0.4, 0.5) is 5.69 Å². The van der Waals surface area contributed by atoms with E-state index >= 15 is 0 Å². The largest absolute Gasteiger partial charge is 0.362 e. The fourth-order valence-corrected chi connectivity index (χ4v) is 1.86. The van der Waals surface area contributed by atoms with Crippen molar-refractivity contribution in [1.29, 1.82) is 0 Å². The summed E-state index contributed by atoms with van der Waals surface area (Å²) in [7, 11) is 0. The summed E-state index contributed by atoms with van der Waals surface area (Å²) in [6.07, 6.45) is 3.12. The van der Waals surface area contributed by atoms with Crippen LogP contribution in [0.5, 0.6) is 0 Å². The Morgan fingerprint density at radius 2 is 1.68 bits per heavy atom. The van der Waals surface area contributed by atoms with Crippen LogP contribution < -0.4 is 5.32 Å². The van der Waals surface area contributed by atoms with Crippen LogP contribution in [0.1, 0.15) is 10.4 Å². The second-order valence-corrected chi connectivity index (χ2v) is 5.21. The van der Waals surface area contributed by atoms with Crippen LogP contribution in [0.2, 0.25) is 5.02 Å². The number of halogens is 2. The van der Waals surface area contributed by atoms with Crippen molar-refractivity contribution in [3.63, 3.8) is 0 Å². The molecule has 0 bridgehead atoms. The molecule has 96 valence electrons. The van der Waals surface area contributed by atoms with E-state index in [0.717, 1.165) is 10.2 Å². The van der Waals surface area contributed by atoms with E-state index < -0.39 is 0 Å². The number of carbonyl (C=O) groups excluding carboxylic acids is 1. The zero-order valence-corrected chi connectivity index (χ0v) is 12.3. The molecule has 0 spiro atoms. The van der Waals surface area contributed by atoms with Gasteiger partial charge in [-0.3, -0.25) is 4.79 Å². The van der Waals surface area contributed by atoms with Crippen LogP contribution in [0.3, 0.4) is 0 Å². The number of hydrogen-bond donors (Lipinski definition) is 1. The predicted octanol–water partition coefficient (Wildman–Crippen LogP) is 4.91. The lowest BCUT2D eigenvalue weighted by molar-refractivity contribution is 0.104. The van der Waals surface area contributed by atoms with Crippen molar-refractivity contribution in [2.45, 2.75) is 0 Å². The third kappa shape index (κ3) is 4.23. The quantitative estimate of drug-likeness (QED) is 0.635. The summed E-state index contributed by atoms with van der Waals surface area (Å²) in [6, 6.07) is 14.5. The normalized spacial score (nSPS) is 10.6. The molecule has 0 saturated heterocycles. The smallest absolute Gasteiger partial charge is 0.187 e. The fraction of sp³-hybridized carbons (Fsp3) is 0. The lowest BCUT2D eigenvalue weighted by atomic mass is 10.1. The molecule has 2 aromatic rings. The maximum Gasteiger partial charge on any atom is 0.187 e. The van der Waals surface area contributed by atoms with Gasteiger partial charge in [-0.2, -0.15) is 0 Å². The summed E-state index contributed by atoms with van der Waals surface area (Å²) in [5.41, 5.74) is 1.53. The first-order chi connectivity index (χ1) is 9.15. The van der Waals surface area contributed by atoms with Gasteiger partial charge in [-0.25, -0.2) is 0 Å². The second-order valence-electron chi connectivity index (χ2n) is 3.86. The molecule has 0 aliphatic carbocycles. The Kier molecular flexibility index (Phi) is 4.77. The summed E-state index contributed by atoms with van der Waals surface area (Å²) in [5, 5.41) is 3.70. The van der Waals surface area contributed by atoms with Crippen molar-refractivity contribution in [1.82, 2.24) is 0 Å². The van der Waals surface area contributed by atoms with Gasteiger partial charge in [0.25, 0.3) is 0 Å². The number of allylic oxidation sites excluding steroid dienone is 1. The number of carbonyl (C=O) groups is 1. The summed E-state index contributed by atoms with van der Waals surface area (Å²) in [6.45, 7) is 0. The van der Waals surface area contributed by atoms with Gasteiger partial charge < -0.3 is 5.32 Å². The van der Waals surface area contributed by atoms with Gasteiger partial charge in [-0.1, -0.05) is 27.5 Å². The number of ketones is 1. The first-order valence-electron chi connectivity index (χ1n) is 5.64. The maximum absolute atomic E-state index is 11.8. The van der Waals surface area contributed by atoms with Crippen LogP contribution in [0.15, 0.2) is 65.3 Å². The Balaban J connectivity index is 1.97. The molecular formula is C15H11BrClNO.